The number of halogens is 1. The number of benzene rings is 2. The molecule has 0 saturated carbocycles. The second kappa shape index (κ2) is 6.91. The molecule has 26 heavy (non-hydrogen) atoms. The van der Waals surface area contributed by atoms with Gasteiger partial charge < -0.3 is 9.90 Å². The molecular formula is C17H13ClN3O4S-. The molecule has 9 heteroatoms. The van der Waals surface area contributed by atoms with Crippen LogP contribution in [-0.2, 0) is 21.4 Å². The SMILES string of the molecule is NS(=O)(=O)c1ccc(-c2nn(CC(=O)[O-])cc2-c2ccc(Cl)cc2)cc1. The maximum absolute atomic E-state index is 11.4. The highest BCUT2D eigenvalue weighted by atomic mass is 35.5. The van der Waals surface area contributed by atoms with Crippen LogP contribution in [0.4, 0.5) is 0 Å². The van der Waals surface area contributed by atoms with E-state index in [4.69, 9.17) is 16.7 Å². The number of carboxylic acid groups (broad SMARTS) is 1. The molecule has 0 spiro atoms. The molecule has 3 rings (SSSR count). The van der Waals surface area contributed by atoms with Gasteiger partial charge in [-0.2, -0.15) is 5.10 Å². The Labute approximate surface area is 154 Å². The first-order valence-corrected chi connectivity index (χ1v) is 9.33. The summed E-state index contributed by atoms with van der Waals surface area (Å²) in [7, 11) is -3.81. The van der Waals surface area contributed by atoms with Gasteiger partial charge in [-0.05, 0) is 29.8 Å². The average Bonchev–Trinajstić information content (AvgIpc) is 2.98. The number of sulfonamides is 1. The molecule has 0 unspecified atom stereocenters. The number of aromatic nitrogens is 2. The van der Waals surface area contributed by atoms with Crippen molar-refractivity contribution < 1.29 is 18.3 Å². The van der Waals surface area contributed by atoms with Gasteiger partial charge in [0.15, 0.2) is 0 Å². The van der Waals surface area contributed by atoms with Crippen LogP contribution in [0.1, 0.15) is 0 Å². The van der Waals surface area contributed by atoms with Crippen LogP contribution >= 0.6 is 11.6 Å². The molecule has 0 aliphatic rings. The first-order chi connectivity index (χ1) is 12.2. The number of aliphatic carboxylic acids is 1. The predicted molar refractivity (Wildman–Crippen MR) is 94.5 cm³/mol. The number of nitrogens with two attached hydrogens (primary N) is 1. The number of primary sulfonamides is 1. The number of nitrogens with zero attached hydrogens (tertiary/aromatic N) is 2. The van der Waals surface area contributed by atoms with Gasteiger partial charge in [-0.25, -0.2) is 13.6 Å². The fourth-order valence-electron chi connectivity index (χ4n) is 2.49. The van der Waals surface area contributed by atoms with Crippen LogP contribution in [0, 0.1) is 0 Å². The summed E-state index contributed by atoms with van der Waals surface area (Å²) < 4.78 is 24.1. The van der Waals surface area contributed by atoms with Gasteiger partial charge in [0, 0.05) is 22.3 Å². The summed E-state index contributed by atoms with van der Waals surface area (Å²) in [5.74, 6) is -1.27. The van der Waals surface area contributed by atoms with E-state index in [9.17, 15) is 18.3 Å². The number of carbonyl (C=O) groups excluding carboxylic acids is 1. The number of hydrogen-bond acceptors (Lipinski definition) is 5. The molecule has 134 valence electrons. The molecule has 0 aliphatic carbocycles. The molecule has 1 heterocycles. The summed E-state index contributed by atoms with van der Waals surface area (Å²) in [4.78, 5) is 10.9. The minimum atomic E-state index is -3.81. The summed E-state index contributed by atoms with van der Waals surface area (Å²) in [6, 6.07) is 12.8. The van der Waals surface area contributed by atoms with E-state index in [1.54, 1.807) is 42.6 Å². The highest BCUT2D eigenvalue weighted by molar-refractivity contribution is 7.89. The smallest absolute Gasteiger partial charge is 0.238 e. The Hall–Kier alpha value is -2.68. The molecular weight excluding hydrogens is 378 g/mol. The van der Waals surface area contributed by atoms with Crippen molar-refractivity contribution >= 4 is 27.6 Å². The van der Waals surface area contributed by atoms with Crippen molar-refractivity contribution in [3.8, 4) is 22.4 Å². The van der Waals surface area contributed by atoms with Gasteiger partial charge in [0.1, 0.15) is 5.69 Å². The largest absolute Gasteiger partial charge is 0.548 e. The Kier molecular flexibility index (Phi) is 4.82. The zero-order valence-electron chi connectivity index (χ0n) is 13.3. The molecule has 1 aromatic heterocycles. The van der Waals surface area contributed by atoms with E-state index in [2.05, 4.69) is 5.10 Å². The topological polar surface area (TPSA) is 118 Å². The van der Waals surface area contributed by atoms with E-state index >= 15 is 0 Å². The highest BCUT2D eigenvalue weighted by Crippen LogP contribution is 2.32. The van der Waals surface area contributed by atoms with E-state index in [0.29, 0.717) is 21.8 Å². The number of carboxylic acids is 1. The van der Waals surface area contributed by atoms with E-state index in [0.717, 1.165) is 5.56 Å². The van der Waals surface area contributed by atoms with Crippen molar-refractivity contribution in [3.05, 3.63) is 59.8 Å². The highest BCUT2D eigenvalue weighted by Gasteiger charge is 2.15. The van der Waals surface area contributed by atoms with Crippen LogP contribution in [0.3, 0.4) is 0 Å². The Morgan fingerprint density at radius 3 is 2.19 bits per heavy atom. The molecule has 0 radical (unpaired) electrons. The summed E-state index contributed by atoms with van der Waals surface area (Å²) in [5.41, 5.74) is 2.56. The van der Waals surface area contributed by atoms with Crippen molar-refractivity contribution in [2.75, 3.05) is 0 Å². The monoisotopic (exact) mass is 390 g/mol. The van der Waals surface area contributed by atoms with Crippen molar-refractivity contribution in [3.63, 3.8) is 0 Å². The Balaban J connectivity index is 2.11. The first-order valence-electron chi connectivity index (χ1n) is 7.40. The van der Waals surface area contributed by atoms with Crippen LogP contribution in [0.5, 0.6) is 0 Å². The fourth-order valence-corrected chi connectivity index (χ4v) is 3.13. The van der Waals surface area contributed by atoms with E-state index in [1.807, 2.05) is 0 Å². The first kappa shape index (κ1) is 18.1. The van der Waals surface area contributed by atoms with Gasteiger partial charge in [-0.3, -0.25) is 4.68 Å². The summed E-state index contributed by atoms with van der Waals surface area (Å²) in [6.45, 7) is -0.407. The molecule has 0 amide bonds. The van der Waals surface area contributed by atoms with Crippen LogP contribution in [0.2, 0.25) is 5.02 Å². The quantitative estimate of drug-likeness (QED) is 0.703. The number of carbonyl (C=O) groups is 1. The van der Waals surface area contributed by atoms with E-state index < -0.39 is 22.5 Å². The van der Waals surface area contributed by atoms with Crippen molar-refractivity contribution in [1.29, 1.82) is 0 Å². The molecule has 7 nitrogen and oxygen atoms in total. The lowest BCUT2D eigenvalue weighted by Gasteiger charge is -2.04. The lowest BCUT2D eigenvalue weighted by Crippen LogP contribution is -2.27. The summed E-state index contributed by atoms with van der Waals surface area (Å²) >= 11 is 5.91. The second-order valence-corrected chi connectivity index (χ2v) is 7.54. The van der Waals surface area contributed by atoms with Gasteiger partial charge in [-0.15, -0.1) is 0 Å². The maximum Gasteiger partial charge on any atom is 0.238 e. The van der Waals surface area contributed by atoms with Gasteiger partial charge in [0.05, 0.1) is 17.4 Å². The van der Waals surface area contributed by atoms with E-state index in [-0.39, 0.29) is 4.90 Å². The minimum Gasteiger partial charge on any atom is -0.548 e. The summed E-state index contributed by atoms with van der Waals surface area (Å²) in [6.07, 6.45) is 1.59. The molecule has 0 atom stereocenters. The Bertz CT molecular complexity index is 1060. The molecule has 0 saturated heterocycles. The fraction of sp³-hybridized carbons (Fsp3) is 0.0588. The maximum atomic E-state index is 11.4. The lowest BCUT2D eigenvalue weighted by molar-refractivity contribution is -0.306. The third kappa shape index (κ3) is 3.93. The van der Waals surface area contributed by atoms with Crippen molar-refractivity contribution in [2.24, 2.45) is 5.14 Å². The molecule has 3 aromatic rings. The van der Waals surface area contributed by atoms with Gasteiger partial charge >= 0.3 is 0 Å². The summed E-state index contributed by atoms with van der Waals surface area (Å²) in [5, 5.41) is 20.9. The lowest BCUT2D eigenvalue weighted by atomic mass is 10.0. The van der Waals surface area contributed by atoms with Crippen LogP contribution in [0.15, 0.2) is 59.6 Å². The van der Waals surface area contributed by atoms with Gasteiger partial charge in [0.25, 0.3) is 0 Å². The normalized spacial score (nSPS) is 11.5. The van der Waals surface area contributed by atoms with Gasteiger partial charge in [0.2, 0.25) is 10.0 Å². The predicted octanol–water partition coefficient (Wildman–Crippen LogP) is 1.27. The minimum absolute atomic E-state index is 0.0246. The number of hydrogen-bond donors (Lipinski definition) is 1. The third-order valence-electron chi connectivity index (χ3n) is 3.66. The Morgan fingerprint density at radius 1 is 1.08 bits per heavy atom. The van der Waals surface area contributed by atoms with Gasteiger partial charge in [-0.1, -0.05) is 35.9 Å². The number of rotatable bonds is 5. The molecule has 2 N–H and O–H groups in total. The van der Waals surface area contributed by atoms with Crippen molar-refractivity contribution in [1.82, 2.24) is 9.78 Å². The molecule has 0 fully saturated rings. The molecule has 0 aliphatic heterocycles. The van der Waals surface area contributed by atoms with Crippen LogP contribution in [-0.4, -0.2) is 24.2 Å². The molecule has 0 bridgehead atoms. The Morgan fingerprint density at radius 2 is 1.65 bits per heavy atom. The van der Waals surface area contributed by atoms with Crippen LogP contribution < -0.4 is 10.2 Å². The molecule has 2 aromatic carbocycles. The zero-order chi connectivity index (χ0) is 18.9. The third-order valence-corrected chi connectivity index (χ3v) is 4.85. The van der Waals surface area contributed by atoms with Crippen molar-refractivity contribution in [2.45, 2.75) is 11.4 Å². The second-order valence-electron chi connectivity index (χ2n) is 5.54. The zero-order valence-corrected chi connectivity index (χ0v) is 14.9. The van der Waals surface area contributed by atoms with Crippen LogP contribution in [0.25, 0.3) is 22.4 Å². The standard InChI is InChI=1S/C17H14ClN3O4S/c18-13-5-1-11(2-6-13)15-9-21(10-16(22)23)20-17(15)12-3-7-14(8-4-12)26(19,24)25/h1-9H,10H2,(H,22,23)(H2,19,24,25)/p-1. The van der Waals surface area contributed by atoms with E-state index in [1.165, 1.54) is 16.8 Å². The average molecular weight is 391 g/mol.